The van der Waals surface area contributed by atoms with Crippen LogP contribution in [0.25, 0.3) is 0 Å². The molecule has 4 nitrogen and oxygen atoms in total. The minimum atomic E-state index is 0.147. The van der Waals surface area contributed by atoms with Crippen LogP contribution < -0.4 is 10.6 Å². The summed E-state index contributed by atoms with van der Waals surface area (Å²) in [6.45, 7) is 4.98. The van der Waals surface area contributed by atoms with Gasteiger partial charge in [0.25, 0.3) is 0 Å². The first-order chi connectivity index (χ1) is 8.25. The van der Waals surface area contributed by atoms with Crippen molar-refractivity contribution in [1.29, 1.82) is 0 Å². The Balaban J connectivity index is 1.75. The molecule has 4 heteroatoms. The molecule has 0 saturated carbocycles. The highest BCUT2D eigenvalue weighted by atomic mass is 16.2. The third kappa shape index (κ3) is 3.87. The van der Waals surface area contributed by atoms with Crippen molar-refractivity contribution in [3.63, 3.8) is 0 Å². The number of hydrogen-bond donors (Lipinski definition) is 2. The molecule has 0 aliphatic carbocycles. The average molecular weight is 239 g/mol. The van der Waals surface area contributed by atoms with Gasteiger partial charge in [-0.2, -0.15) is 0 Å². The van der Waals surface area contributed by atoms with Crippen LogP contribution >= 0.6 is 0 Å². The van der Waals surface area contributed by atoms with E-state index >= 15 is 0 Å². The molecule has 0 radical (unpaired) electrons. The van der Waals surface area contributed by atoms with Gasteiger partial charge in [-0.15, -0.1) is 0 Å². The molecule has 0 bridgehead atoms. The number of rotatable bonds is 1. The first kappa shape index (κ1) is 12.7. The molecule has 0 aromatic heterocycles. The van der Waals surface area contributed by atoms with Crippen molar-refractivity contribution in [3.05, 3.63) is 0 Å². The number of amides is 2. The van der Waals surface area contributed by atoms with Crippen LogP contribution in [0.3, 0.4) is 0 Å². The average Bonchev–Trinajstić information content (AvgIpc) is 2.61. The van der Waals surface area contributed by atoms with E-state index in [1.807, 2.05) is 4.90 Å². The number of carbonyl (C=O) groups excluding carboxylic acids is 1. The molecule has 17 heavy (non-hydrogen) atoms. The van der Waals surface area contributed by atoms with Crippen LogP contribution in [0.15, 0.2) is 0 Å². The monoisotopic (exact) mass is 239 g/mol. The number of urea groups is 1. The van der Waals surface area contributed by atoms with Crippen molar-refractivity contribution < 1.29 is 4.79 Å². The van der Waals surface area contributed by atoms with E-state index in [9.17, 15) is 4.79 Å². The van der Waals surface area contributed by atoms with E-state index in [4.69, 9.17) is 0 Å². The Hall–Kier alpha value is -0.770. The van der Waals surface area contributed by atoms with E-state index in [0.717, 1.165) is 45.3 Å². The summed E-state index contributed by atoms with van der Waals surface area (Å²) in [5.74, 6) is 0. The first-order valence-corrected chi connectivity index (χ1v) is 7.04. The van der Waals surface area contributed by atoms with E-state index in [1.54, 1.807) is 0 Å². The van der Waals surface area contributed by atoms with Crippen molar-refractivity contribution in [2.45, 2.75) is 57.5 Å². The smallest absolute Gasteiger partial charge is 0.317 e. The van der Waals surface area contributed by atoms with Crippen LogP contribution in [0, 0.1) is 0 Å². The quantitative estimate of drug-likeness (QED) is 0.731. The molecular formula is C13H25N3O. The maximum absolute atomic E-state index is 12.1. The van der Waals surface area contributed by atoms with Gasteiger partial charge in [-0.3, -0.25) is 0 Å². The predicted octanol–water partition coefficient (Wildman–Crippen LogP) is 1.71. The largest absolute Gasteiger partial charge is 0.334 e. The van der Waals surface area contributed by atoms with Crippen molar-refractivity contribution in [3.8, 4) is 0 Å². The van der Waals surface area contributed by atoms with Crippen molar-refractivity contribution in [2.24, 2.45) is 0 Å². The van der Waals surface area contributed by atoms with Crippen molar-refractivity contribution >= 4 is 6.03 Å². The summed E-state index contributed by atoms with van der Waals surface area (Å²) in [5.41, 5.74) is 0. The summed E-state index contributed by atoms with van der Waals surface area (Å²) in [5, 5.41) is 6.58. The van der Waals surface area contributed by atoms with Gasteiger partial charge in [0, 0.05) is 31.7 Å². The second-order valence-corrected chi connectivity index (χ2v) is 5.43. The topological polar surface area (TPSA) is 44.4 Å². The second-order valence-electron chi connectivity index (χ2n) is 5.43. The van der Waals surface area contributed by atoms with Crippen LogP contribution in [0.2, 0.25) is 0 Å². The van der Waals surface area contributed by atoms with Gasteiger partial charge in [0.2, 0.25) is 0 Å². The molecular weight excluding hydrogens is 214 g/mol. The summed E-state index contributed by atoms with van der Waals surface area (Å²) in [4.78, 5) is 14.1. The molecule has 2 N–H and O–H groups in total. The second kappa shape index (κ2) is 6.24. The number of nitrogens with one attached hydrogen (secondary N) is 2. The molecule has 2 aliphatic rings. The van der Waals surface area contributed by atoms with Gasteiger partial charge >= 0.3 is 6.03 Å². The van der Waals surface area contributed by atoms with Gasteiger partial charge in [0.15, 0.2) is 0 Å². The summed E-state index contributed by atoms with van der Waals surface area (Å²) in [6, 6.07) is 1.07. The Morgan fingerprint density at radius 2 is 1.88 bits per heavy atom. The molecule has 0 aromatic rings. The van der Waals surface area contributed by atoms with Crippen LogP contribution in [0.4, 0.5) is 4.79 Å². The summed E-state index contributed by atoms with van der Waals surface area (Å²) in [6.07, 6.45) is 7.12. The van der Waals surface area contributed by atoms with E-state index in [0.29, 0.717) is 12.1 Å². The Labute approximate surface area is 104 Å². The van der Waals surface area contributed by atoms with Crippen LogP contribution in [-0.4, -0.2) is 42.6 Å². The number of carbonyl (C=O) groups is 1. The Kier molecular flexibility index (Phi) is 4.66. The normalized spacial score (nSPS) is 30.8. The molecule has 0 spiro atoms. The Morgan fingerprint density at radius 3 is 2.47 bits per heavy atom. The lowest BCUT2D eigenvalue weighted by Gasteiger charge is -2.30. The lowest BCUT2D eigenvalue weighted by Crippen LogP contribution is -2.52. The van der Waals surface area contributed by atoms with E-state index < -0.39 is 0 Å². The van der Waals surface area contributed by atoms with Gasteiger partial charge < -0.3 is 15.5 Å². The molecule has 2 amide bonds. The van der Waals surface area contributed by atoms with Crippen LogP contribution in [0.5, 0.6) is 0 Å². The summed E-state index contributed by atoms with van der Waals surface area (Å²) >= 11 is 0. The fourth-order valence-electron chi connectivity index (χ4n) is 2.66. The molecule has 2 rings (SSSR count). The van der Waals surface area contributed by atoms with Crippen LogP contribution in [-0.2, 0) is 0 Å². The molecule has 2 unspecified atom stereocenters. The summed E-state index contributed by atoms with van der Waals surface area (Å²) < 4.78 is 0. The molecule has 2 heterocycles. The number of piperidine rings is 1. The van der Waals surface area contributed by atoms with E-state index in [2.05, 4.69) is 17.6 Å². The number of hydrogen-bond acceptors (Lipinski definition) is 2. The highest BCUT2D eigenvalue weighted by Crippen LogP contribution is 2.11. The van der Waals surface area contributed by atoms with E-state index in [-0.39, 0.29) is 6.03 Å². The summed E-state index contributed by atoms with van der Waals surface area (Å²) in [7, 11) is 0. The first-order valence-electron chi connectivity index (χ1n) is 7.04. The van der Waals surface area contributed by atoms with Gasteiger partial charge in [-0.1, -0.05) is 12.8 Å². The highest BCUT2D eigenvalue weighted by Gasteiger charge is 2.22. The number of likely N-dealkylation sites (tertiary alicyclic amines) is 1. The highest BCUT2D eigenvalue weighted by molar-refractivity contribution is 5.74. The third-order valence-electron chi connectivity index (χ3n) is 3.88. The zero-order valence-corrected chi connectivity index (χ0v) is 10.9. The molecule has 0 aromatic carbocycles. The van der Waals surface area contributed by atoms with Gasteiger partial charge in [-0.05, 0) is 32.6 Å². The molecule has 2 aliphatic heterocycles. The van der Waals surface area contributed by atoms with Crippen molar-refractivity contribution in [2.75, 3.05) is 19.6 Å². The molecule has 2 saturated heterocycles. The van der Waals surface area contributed by atoms with Gasteiger partial charge in [-0.25, -0.2) is 4.79 Å². The zero-order valence-electron chi connectivity index (χ0n) is 10.9. The fraction of sp³-hybridized carbons (Fsp3) is 0.923. The fourth-order valence-corrected chi connectivity index (χ4v) is 2.66. The maximum Gasteiger partial charge on any atom is 0.317 e. The van der Waals surface area contributed by atoms with Crippen LogP contribution in [0.1, 0.15) is 45.4 Å². The maximum atomic E-state index is 12.1. The lowest BCUT2D eigenvalue weighted by atomic mass is 10.0. The lowest BCUT2D eigenvalue weighted by molar-refractivity contribution is 0.191. The SMILES string of the molecule is CC1CCC(NC(=O)N2CCCCCC2)CN1. The Morgan fingerprint density at radius 1 is 1.18 bits per heavy atom. The Bertz CT molecular complexity index is 241. The minimum Gasteiger partial charge on any atom is -0.334 e. The van der Waals surface area contributed by atoms with E-state index in [1.165, 1.54) is 12.8 Å². The predicted molar refractivity (Wildman–Crippen MR) is 69.1 cm³/mol. The standard InChI is InChI=1S/C13H25N3O/c1-11-6-7-12(10-14-11)15-13(17)16-8-4-2-3-5-9-16/h11-12,14H,2-10H2,1H3,(H,15,17). The third-order valence-corrected chi connectivity index (χ3v) is 3.88. The molecule has 2 fully saturated rings. The van der Waals surface area contributed by atoms with Gasteiger partial charge in [0.1, 0.15) is 0 Å². The number of nitrogens with zero attached hydrogens (tertiary/aromatic N) is 1. The molecule has 2 atom stereocenters. The van der Waals surface area contributed by atoms with Crippen molar-refractivity contribution in [1.82, 2.24) is 15.5 Å². The van der Waals surface area contributed by atoms with Gasteiger partial charge in [0.05, 0.1) is 0 Å². The zero-order chi connectivity index (χ0) is 12.1. The molecule has 98 valence electrons. The minimum absolute atomic E-state index is 0.147.